The number of benzene rings is 1. The zero-order valence-electron chi connectivity index (χ0n) is 19.3. The van der Waals surface area contributed by atoms with Crippen LogP contribution in [0.25, 0.3) is 11.1 Å². The van der Waals surface area contributed by atoms with E-state index in [1.807, 2.05) is 0 Å². The van der Waals surface area contributed by atoms with Crippen LogP contribution in [0, 0.1) is 11.6 Å². The van der Waals surface area contributed by atoms with Gasteiger partial charge in [-0.05, 0) is 69.7 Å². The highest BCUT2D eigenvalue weighted by molar-refractivity contribution is 5.71. The summed E-state index contributed by atoms with van der Waals surface area (Å²) in [6, 6.07) is 6.90. The third kappa shape index (κ3) is 6.38. The van der Waals surface area contributed by atoms with Gasteiger partial charge in [-0.1, -0.05) is 0 Å². The van der Waals surface area contributed by atoms with E-state index in [2.05, 4.69) is 27.9 Å². The van der Waals surface area contributed by atoms with Crippen LogP contribution in [0.1, 0.15) is 45.4 Å². The molecule has 0 saturated heterocycles. The molecule has 1 aromatic heterocycles. The number of nitrogens with zero attached hydrogens (tertiary/aromatic N) is 1. The van der Waals surface area contributed by atoms with Gasteiger partial charge in [0.1, 0.15) is 23.1 Å². The molecule has 2 aromatic rings. The molecule has 0 aliphatic heterocycles. The normalized spacial score (nSPS) is 22.6. The summed E-state index contributed by atoms with van der Waals surface area (Å²) in [5.41, 5.74) is -0.343. The highest BCUT2D eigenvalue weighted by Gasteiger charge is 2.42. The molecule has 2 saturated carbocycles. The van der Waals surface area contributed by atoms with Crippen LogP contribution in [0.2, 0.25) is 0 Å². The standard InChI is InChI=1S/C25H33F3N4O/c1-16(14-33-2)31-17-3-5-18(6-4-17)32-24-12-21(23(27)13-29-24)20-11-19(7-8-22(20)26)30-15-25(28)9-10-25/h7-8,11-13,16-18,30-31H,3-6,9-10,14-15H2,1-2H3,(H,29,32). The third-order valence-electron chi connectivity index (χ3n) is 6.53. The van der Waals surface area contributed by atoms with Crippen molar-refractivity contribution in [3.8, 4) is 11.1 Å². The molecule has 2 aliphatic rings. The summed E-state index contributed by atoms with van der Waals surface area (Å²) in [6.07, 6.45) is 6.17. The fourth-order valence-electron chi connectivity index (χ4n) is 4.45. The number of hydrogen-bond donors (Lipinski definition) is 3. The van der Waals surface area contributed by atoms with Gasteiger partial charge in [-0.25, -0.2) is 18.2 Å². The van der Waals surface area contributed by atoms with Crippen molar-refractivity contribution in [2.45, 2.75) is 69.2 Å². The molecule has 0 bridgehead atoms. The molecule has 0 radical (unpaired) electrons. The summed E-state index contributed by atoms with van der Waals surface area (Å²) in [4.78, 5) is 4.17. The van der Waals surface area contributed by atoms with Crippen molar-refractivity contribution in [3.63, 3.8) is 0 Å². The molecule has 5 nitrogen and oxygen atoms in total. The van der Waals surface area contributed by atoms with Crippen molar-refractivity contribution in [3.05, 3.63) is 42.1 Å². The molecule has 1 atom stereocenters. The van der Waals surface area contributed by atoms with Gasteiger partial charge in [-0.15, -0.1) is 0 Å². The lowest BCUT2D eigenvalue weighted by molar-refractivity contribution is 0.161. The first kappa shape index (κ1) is 23.8. The van der Waals surface area contributed by atoms with Crippen LogP contribution in [0.3, 0.4) is 0 Å². The number of ether oxygens (including phenoxy) is 1. The number of pyridine rings is 1. The summed E-state index contributed by atoms with van der Waals surface area (Å²) in [6.45, 7) is 2.97. The van der Waals surface area contributed by atoms with Crippen molar-refractivity contribution in [2.24, 2.45) is 0 Å². The van der Waals surface area contributed by atoms with Crippen LogP contribution >= 0.6 is 0 Å². The Balaban J connectivity index is 1.40. The van der Waals surface area contributed by atoms with E-state index >= 15 is 0 Å². The summed E-state index contributed by atoms with van der Waals surface area (Å²) in [5.74, 6) is -0.607. The van der Waals surface area contributed by atoms with Crippen molar-refractivity contribution in [1.82, 2.24) is 10.3 Å². The minimum absolute atomic E-state index is 0.131. The average molecular weight is 463 g/mol. The highest BCUT2D eigenvalue weighted by atomic mass is 19.1. The first-order valence-electron chi connectivity index (χ1n) is 11.7. The highest BCUT2D eigenvalue weighted by Crippen LogP contribution is 2.40. The van der Waals surface area contributed by atoms with Crippen LogP contribution in [0.15, 0.2) is 30.5 Å². The lowest BCUT2D eigenvalue weighted by Gasteiger charge is -2.31. The predicted molar refractivity (Wildman–Crippen MR) is 125 cm³/mol. The molecule has 0 amide bonds. The molecule has 0 spiro atoms. The Hall–Kier alpha value is -2.32. The number of nitrogens with one attached hydrogen (secondary N) is 3. The van der Waals surface area contributed by atoms with Gasteiger partial charge < -0.3 is 20.7 Å². The molecule has 1 heterocycles. The Morgan fingerprint density at radius 1 is 1.06 bits per heavy atom. The largest absolute Gasteiger partial charge is 0.383 e. The van der Waals surface area contributed by atoms with Gasteiger partial charge >= 0.3 is 0 Å². The molecule has 1 aromatic carbocycles. The quantitative estimate of drug-likeness (QED) is 0.448. The molecule has 4 rings (SSSR count). The van der Waals surface area contributed by atoms with Crippen LogP contribution in [-0.4, -0.2) is 49.0 Å². The topological polar surface area (TPSA) is 58.2 Å². The van der Waals surface area contributed by atoms with E-state index in [1.165, 1.54) is 12.1 Å². The van der Waals surface area contributed by atoms with Crippen molar-refractivity contribution >= 4 is 11.5 Å². The number of aromatic nitrogens is 1. The fraction of sp³-hybridized carbons (Fsp3) is 0.560. The van der Waals surface area contributed by atoms with Crippen LogP contribution in [0.5, 0.6) is 0 Å². The Labute approximate surface area is 193 Å². The molecule has 8 heteroatoms. The van der Waals surface area contributed by atoms with E-state index in [9.17, 15) is 13.2 Å². The zero-order valence-corrected chi connectivity index (χ0v) is 19.3. The van der Waals surface area contributed by atoms with E-state index in [0.29, 0.717) is 43.0 Å². The van der Waals surface area contributed by atoms with Crippen molar-refractivity contribution in [2.75, 3.05) is 30.9 Å². The second-order valence-corrected chi connectivity index (χ2v) is 9.46. The molecule has 2 fully saturated rings. The summed E-state index contributed by atoms with van der Waals surface area (Å²) >= 11 is 0. The molecule has 3 N–H and O–H groups in total. The van der Waals surface area contributed by atoms with Crippen LogP contribution in [0.4, 0.5) is 24.7 Å². The van der Waals surface area contributed by atoms with Gasteiger partial charge in [0, 0.05) is 48.6 Å². The maximum atomic E-state index is 14.6. The van der Waals surface area contributed by atoms with Gasteiger partial charge in [0.05, 0.1) is 12.8 Å². The second-order valence-electron chi connectivity index (χ2n) is 9.46. The molecule has 1 unspecified atom stereocenters. The SMILES string of the molecule is COCC(C)NC1CCC(Nc2cc(-c3cc(NCC4(F)CC4)ccc3F)c(F)cn2)CC1. The van der Waals surface area contributed by atoms with Gasteiger partial charge in [0.25, 0.3) is 0 Å². The number of halogens is 3. The monoisotopic (exact) mass is 462 g/mol. The number of rotatable bonds is 10. The summed E-state index contributed by atoms with van der Waals surface area (Å²) < 4.78 is 48.3. The summed E-state index contributed by atoms with van der Waals surface area (Å²) in [7, 11) is 1.70. The van der Waals surface area contributed by atoms with E-state index in [-0.39, 0.29) is 23.7 Å². The Morgan fingerprint density at radius 3 is 2.45 bits per heavy atom. The molecular formula is C25H33F3N4O. The molecular weight excluding hydrogens is 429 g/mol. The van der Waals surface area contributed by atoms with Gasteiger partial charge in [0.15, 0.2) is 0 Å². The third-order valence-corrected chi connectivity index (χ3v) is 6.53. The minimum atomic E-state index is -1.18. The second kappa shape index (κ2) is 10.3. The first-order valence-corrected chi connectivity index (χ1v) is 11.7. The van der Waals surface area contributed by atoms with E-state index in [0.717, 1.165) is 31.9 Å². The Bertz CT molecular complexity index is 945. The maximum absolute atomic E-state index is 14.6. The Morgan fingerprint density at radius 2 is 1.76 bits per heavy atom. The average Bonchev–Trinajstić information content (AvgIpc) is 3.53. The number of alkyl halides is 1. The molecule has 2 aliphatic carbocycles. The smallest absolute Gasteiger partial charge is 0.149 e. The number of hydrogen-bond acceptors (Lipinski definition) is 5. The van der Waals surface area contributed by atoms with Gasteiger partial charge in [-0.2, -0.15) is 0 Å². The number of methoxy groups -OCH3 is 1. The van der Waals surface area contributed by atoms with Crippen LogP contribution in [-0.2, 0) is 4.74 Å². The molecule has 180 valence electrons. The van der Waals surface area contributed by atoms with Gasteiger partial charge in [0.2, 0.25) is 0 Å². The zero-order chi connectivity index (χ0) is 23.4. The first-order chi connectivity index (χ1) is 15.8. The Kier molecular flexibility index (Phi) is 7.44. The van der Waals surface area contributed by atoms with Crippen molar-refractivity contribution < 1.29 is 17.9 Å². The van der Waals surface area contributed by atoms with Crippen LogP contribution < -0.4 is 16.0 Å². The number of anilines is 2. The predicted octanol–water partition coefficient (Wildman–Crippen LogP) is 5.29. The fourth-order valence-corrected chi connectivity index (χ4v) is 4.45. The molecule has 33 heavy (non-hydrogen) atoms. The van der Waals surface area contributed by atoms with E-state index in [4.69, 9.17) is 4.74 Å². The van der Waals surface area contributed by atoms with E-state index in [1.54, 1.807) is 19.2 Å². The summed E-state index contributed by atoms with van der Waals surface area (Å²) in [5, 5.41) is 9.98. The lowest BCUT2D eigenvalue weighted by Crippen LogP contribution is -2.42. The minimum Gasteiger partial charge on any atom is -0.383 e. The maximum Gasteiger partial charge on any atom is 0.149 e. The van der Waals surface area contributed by atoms with E-state index < -0.39 is 17.3 Å². The lowest BCUT2D eigenvalue weighted by atomic mass is 9.90. The van der Waals surface area contributed by atoms with Gasteiger partial charge in [-0.3, -0.25) is 0 Å². The van der Waals surface area contributed by atoms with Crippen molar-refractivity contribution in [1.29, 1.82) is 0 Å².